The second-order valence-electron chi connectivity index (χ2n) is 11.5. The maximum absolute atomic E-state index is 5.12. The Balaban J connectivity index is 1.38. The summed E-state index contributed by atoms with van der Waals surface area (Å²) in [6.45, 7) is 4.69. The summed E-state index contributed by atoms with van der Waals surface area (Å²) in [4.78, 5) is 10.2. The van der Waals surface area contributed by atoms with Gasteiger partial charge in [0.05, 0.1) is 22.6 Å². The third-order valence-electron chi connectivity index (χ3n) is 8.59. The number of fused-ring (bicyclic) bond motifs is 5. The van der Waals surface area contributed by atoms with E-state index in [0.717, 1.165) is 39.6 Å². The highest BCUT2D eigenvalue weighted by molar-refractivity contribution is 6.00. The maximum atomic E-state index is 5.12. The van der Waals surface area contributed by atoms with Crippen molar-refractivity contribution in [2.45, 2.75) is 19.3 Å². The summed E-state index contributed by atoms with van der Waals surface area (Å²) in [6.07, 6.45) is 0. The summed E-state index contributed by atoms with van der Waals surface area (Å²) in [5, 5.41) is 1.30. The Morgan fingerprint density at radius 3 is 1.76 bits per heavy atom. The molecule has 7 aromatic rings. The van der Waals surface area contributed by atoms with Crippen LogP contribution in [0.3, 0.4) is 0 Å². The van der Waals surface area contributed by atoms with Gasteiger partial charge < -0.3 is 4.57 Å². The van der Waals surface area contributed by atoms with Crippen molar-refractivity contribution >= 4 is 10.9 Å². The van der Waals surface area contributed by atoms with Crippen LogP contribution >= 0.6 is 0 Å². The van der Waals surface area contributed by atoms with Crippen molar-refractivity contribution in [3.05, 3.63) is 151 Å². The van der Waals surface area contributed by atoms with Gasteiger partial charge in [0.1, 0.15) is 0 Å². The van der Waals surface area contributed by atoms with Crippen molar-refractivity contribution in [1.82, 2.24) is 14.5 Å². The second-order valence-corrected chi connectivity index (χ2v) is 11.5. The summed E-state index contributed by atoms with van der Waals surface area (Å²) < 4.78 is 2.43. The van der Waals surface area contributed by atoms with E-state index in [4.69, 9.17) is 9.97 Å². The number of rotatable bonds is 4. The van der Waals surface area contributed by atoms with Crippen molar-refractivity contribution in [3.63, 3.8) is 0 Å². The van der Waals surface area contributed by atoms with Crippen LogP contribution in [0, 0.1) is 0 Å². The van der Waals surface area contributed by atoms with E-state index < -0.39 is 0 Å². The highest BCUT2D eigenvalue weighted by Crippen LogP contribution is 2.54. The minimum atomic E-state index is -0.148. The fourth-order valence-corrected chi connectivity index (χ4v) is 6.62. The van der Waals surface area contributed by atoms with Gasteiger partial charge in [-0.05, 0) is 41.5 Å². The molecule has 0 amide bonds. The molecule has 8 rings (SSSR count). The number of hydrogen-bond donors (Lipinski definition) is 0. The van der Waals surface area contributed by atoms with Gasteiger partial charge in [0.15, 0.2) is 5.82 Å². The molecule has 1 aliphatic carbocycles. The Kier molecular flexibility index (Phi) is 5.48. The molecule has 0 bridgehead atoms. The average molecular weight is 540 g/mol. The molecule has 0 fully saturated rings. The summed E-state index contributed by atoms with van der Waals surface area (Å²) >= 11 is 0. The van der Waals surface area contributed by atoms with E-state index in [2.05, 4.69) is 146 Å². The van der Waals surface area contributed by atoms with E-state index in [1.807, 2.05) is 12.1 Å². The van der Waals surface area contributed by atoms with E-state index in [1.54, 1.807) is 0 Å². The van der Waals surface area contributed by atoms with Crippen molar-refractivity contribution in [2.75, 3.05) is 0 Å². The van der Waals surface area contributed by atoms with Crippen molar-refractivity contribution in [2.24, 2.45) is 0 Å². The third-order valence-corrected chi connectivity index (χ3v) is 8.59. The number of para-hydroxylation sites is 2. The van der Waals surface area contributed by atoms with Crippen LogP contribution in [0.5, 0.6) is 0 Å². The molecule has 0 atom stereocenters. The van der Waals surface area contributed by atoms with Gasteiger partial charge in [-0.25, -0.2) is 9.97 Å². The zero-order valence-electron chi connectivity index (χ0n) is 23.6. The quantitative estimate of drug-likeness (QED) is 0.223. The summed E-state index contributed by atoms with van der Waals surface area (Å²) in [7, 11) is 0. The summed E-state index contributed by atoms with van der Waals surface area (Å²) in [5.41, 5.74) is 12.4. The summed E-state index contributed by atoms with van der Waals surface area (Å²) in [5.74, 6) is 0.728. The first kappa shape index (κ1) is 24.5. The van der Waals surface area contributed by atoms with Crippen LogP contribution in [0.4, 0.5) is 0 Å². The minimum absolute atomic E-state index is 0.148. The summed E-state index contributed by atoms with van der Waals surface area (Å²) in [6, 6.07) is 49.1. The molecule has 0 saturated carbocycles. The van der Waals surface area contributed by atoms with Gasteiger partial charge in [-0.1, -0.05) is 123 Å². The van der Waals surface area contributed by atoms with Gasteiger partial charge in [-0.15, -0.1) is 0 Å². The normalized spacial score (nSPS) is 13.2. The van der Waals surface area contributed by atoms with Crippen molar-refractivity contribution < 1.29 is 0 Å². The third kappa shape index (κ3) is 3.74. The minimum Gasteiger partial charge on any atom is -0.309 e. The lowest BCUT2D eigenvalue weighted by atomic mass is 9.81. The van der Waals surface area contributed by atoms with Crippen LogP contribution in [0.25, 0.3) is 61.8 Å². The van der Waals surface area contributed by atoms with Gasteiger partial charge in [0.2, 0.25) is 0 Å². The van der Waals surface area contributed by atoms with E-state index in [-0.39, 0.29) is 5.41 Å². The first-order valence-corrected chi connectivity index (χ1v) is 14.4. The highest BCUT2D eigenvalue weighted by Gasteiger charge is 2.40. The molecule has 0 unspecified atom stereocenters. The van der Waals surface area contributed by atoms with E-state index in [9.17, 15) is 0 Å². The number of hydrogen-bond acceptors (Lipinski definition) is 2. The Hall–Kier alpha value is -5.28. The predicted molar refractivity (Wildman–Crippen MR) is 173 cm³/mol. The van der Waals surface area contributed by atoms with Gasteiger partial charge >= 0.3 is 0 Å². The molecule has 0 radical (unpaired) electrons. The highest BCUT2D eigenvalue weighted by atomic mass is 15.0. The topological polar surface area (TPSA) is 30.7 Å². The first-order valence-electron chi connectivity index (χ1n) is 14.4. The van der Waals surface area contributed by atoms with Gasteiger partial charge in [-0.2, -0.15) is 0 Å². The molecule has 0 spiro atoms. The number of nitrogens with zero attached hydrogens (tertiary/aromatic N) is 3. The van der Waals surface area contributed by atoms with Gasteiger partial charge in [0.25, 0.3) is 0 Å². The Morgan fingerprint density at radius 2 is 1.12 bits per heavy atom. The molecular weight excluding hydrogens is 510 g/mol. The molecule has 3 heteroatoms. The number of aromatic nitrogens is 3. The van der Waals surface area contributed by atoms with Crippen LogP contribution in [-0.4, -0.2) is 14.5 Å². The zero-order chi connectivity index (χ0) is 28.3. The predicted octanol–water partition coefficient (Wildman–Crippen LogP) is 9.73. The van der Waals surface area contributed by atoms with Crippen molar-refractivity contribution in [3.8, 4) is 50.8 Å². The molecular formula is C39H29N3. The SMILES string of the molecule is CC1(C)c2ccc(-c3nc(-c4ccccc4)cc(-c4ccccc4)n3)cc2-c2c1c1ccccc1n2-c1ccccc1. The Labute approximate surface area is 245 Å². The lowest BCUT2D eigenvalue weighted by molar-refractivity contribution is 0.666. The maximum Gasteiger partial charge on any atom is 0.160 e. The van der Waals surface area contributed by atoms with E-state index in [1.165, 1.54) is 33.3 Å². The zero-order valence-corrected chi connectivity index (χ0v) is 23.6. The van der Waals surface area contributed by atoms with Crippen LogP contribution in [0.15, 0.2) is 140 Å². The number of benzene rings is 5. The molecule has 0 aliphatic heterocycles. The first-order chi connectivity index (χ1) is 20.6. The van der Waals surface area contributed by atoms with Crippen LogP contribution < -0.4 is 0 Å². The fraction of sp³-hybridized carbons (Fsp3) is 0.0769. The van der Waals surface area contributed by atoms with Gasteiger partial charge in [-0.3, -0.25) is 0 Å². The molecule has 42 heavy (non-hydrogen) atoms. The molecule has 2 aromatic heterocycles. The monoisotopic (exact) mass is 539 g/mol. The van der Waals surface area contributed by atoms with E-state index >= 15 is 0 Å². The van der Waals surface area contributed by atoms with Crippen LogP contribution in [0.2, 0.25) is 0 Å². The van der Waals surface area contributed by atoms with E-state index in [0.29, 0.717) is 0 Å². The molecule has 200 valence electrons. The molecule has 3 nitrogen and oxygen atoms in total. The largest absolute Gasteiger partial charge is 0.309 e. The second kappa shape index (κ2) is 9.39. The molecule has 0 saturated heterocycles. The lowest BCUT2D eigenvalue weighted by Crippen LogP contribution is -2.14. The van der Waals surface area contributed by atoms with Crippen molar-refractivity contribution in [1.29, 1.82) is 0 Å². The molecule has 0 N–H and O–H groups in total. The van der Waals surface area contributed by atoms with Crippen LogP contribution in [-0.2, 0) is 5.41 Å². The Morgan fingerprint density at radius 1 is 0.548 bits per heavy atom. The Bertz CT molecular complexity index is 2030. The smallest absolute Gasteiger partial charge is 0.160 e. The fourth-order valence-electron chi connectivity index (χ4n) is 6.62. The molecule has 2 heterocycles. The van der Waals surface area contributed by atoms with Crippen LogP contribution in [0.1, 0.15) is 25.0 Å². The van der Waals surface area contributed by atoms with Gasteiger partial charge in [0, 0.05) is 38.7 Å². The molecule has 1 aliphatic rings. The average Bonchev–Trinajstić information content (AvgIpc) is 3.52. The lowest BCUT2D eigenvalue weighted by Gasteiger charge is -2.21. The molecule has 5 aromatic carbocycles. The standard InChI is InChI=1S/C39H29N3/c1-39(2)32-23-22-28(38-40-33(26-14-6-3-7-15-26)25-34(41-38)27-16-8-4-9-17-27)24-31(32)37-36(39)30-20-12-13-21-35(30)42(37)29-18-10-5-11-19-29/h3-25H,1-2H3.